The zero-order valence-corrected chi connectivity index (χ0v) is 15.7. The van der Waals surface area contributed by atoms with Gasteiger partial charge in [-0.15, -0.1) is 0 Å². The van der Waals surface area contributed by atoms with Gasteiger partial charge in [0.15, 0.2) is 5.65 Å². The Balaban J connectivity index is 1.56. The maximum Gasteiger partial charge on any atom is 0.281 e. The van der Waals surface area contributed by atoms with Gasteiger partial charge in [-0.3, -0.25) is 14.6 Å². The molecule has 3 heterocycles. The van der Waals surface area contributed by atoms with Crippen molar-refractivity contribution < 1.29 is 4.79 Å². The molecule has 0 aliphatic carbocycles. The Morgan fingerprint density at radius 1 is 1.07 bits per heavy atom. The molecule has 5 rings (SSSR count). The molecule has 0 bridgehead atoms. The standard InChI is InChI=1S/C22H16N6O2/c29-21(24-13-14-5-4-10-23-12-14)16-8-9-17-18(11-16)28-20(25-22(17)30)19(26-27-28)15-6-2-1-3-7-15/h1-12,27H,13H2,(H,24,29). The molecule has 5 aromatic rings. The normalized spacial score (nSPS) is 11.1. The highest BCUT2D eigenvalue weighted by atomic mass is 16.1. The van der Waals surface area contributed by atoms with Gasteiger partial charge in [-0.05, 0) is 29.8 Å². The summed E-state index contributed by atoms with van der Waals surface area (Å²) in [4.78, 5) is 33.5. The number of fused-ring (bicyclic) bond motifs is 3. The molecule has 0 spiro atoms. The molecule has 0 unspecified atom stereocenters. The minimum atomic E-state index is -0.370. The first-order valence-electron chi connectivity index (χ1n) is 9.34. The SMILES string of the molecule is O=C(NCc1cccnc1)c1ccc2c(=O)nc3c(-c4ccccc4)n[nH]n3c2c1. The first-order valence-corrected chi connectivity index (χ1v) is 9.34. The summed E-state index contributed by atoms with van der Waals surface area (Å²) in [5, 5.41) is 10.5. The van der Waals surface area contributed by atoms with E-state index in [1.165, 1.54) is 0 Å². The van der Waals surface area contributed by atoms with Crippen molar-refractivity contribution >= 4 is 22.5 Å². The van der Waals surface area contributed by atoms with Gasteiger partial charge in [0.25, 0.3) is 11.5 Å². The number of H-pyrrole nitrogens is 1. The van der Waals surface area contributed by atoms with Gasteiger partial charge in [0.05, 0.1) is 10.9 Å². The van der Waals surface area contributed by atoms with E-state index in [2.05, 4.69) is 25.6 Å². The van der Waals surface area contributed by atoms with Crippen LogP contribution in [0.1, 0.15) is 15.9 Å². The fraction of sp³-hybridized carbons (Fsp3) is 0.0455. The summed E-state index contributed by atoms with van der Waals surface area (Å²) in [5.74, 6) is -0.249. The molecule has 3 aromatic heterocycles. The second kappa shape index (κ2) is 7.25. The molecule has 8 heteroatoms. The van der Waals surface area contributed by atoms with Gasteiger partial charge < -0.3 is 5.32 Å². The van der Waals surface area contributed by atoms with Crippen LogP contribution < -0.4 is 10.9 Å². The van der Waals surface area contributed by atoms with Gasteiger partial charge in [-0.1, -0.05) is 36.4 Å². The zero-order chi connectivity index (χ0) is 20.5. The third kappa shape index (κ3) is 3.10. The topological polar surface area (TPSA) is 105 Å². The highest BCUT2D eigenvalue weighted by molar-refractivity contribution is 5.98. The summed E-state index contributed by atoms with van der Waals surface area (Å²) in [6.45, 7) is 0.360. The number of benzene rings is 2. The smallest absolute Gasteiger partial charge is 0.281 e. The zero-order valence-electron chi connectivity index (χ0n) is 15.7. The van der Waals surface area contributed by atoms with Crippen molar-refractivity contribution in [1.29, 1.82) is 0 Å². The molecule has 0 saturated heterocycles. The fourth-order valence-corrected chi connectivity index (χ4v) is 3.35. The molecule has 0 aliphatic heterocycles. The number of amides is 1. The average molecular weight is 396 g/mol. The predicted octanol–water partition coefficient (Wildman–Crippen LogP) is 2.56. The van der Waals surface area contributed by atoms with Crippen LogP contribution in [0.15, 0.2) is 77.9 Å². The maximum atomic E-state index is 12.6. The Bertz CT molecular complexity index is 1420. The lowest BCUT2D eigenvalue weighted by Crippen LogP contribution is -2.23. The number of aromatic nitrogens is 5. The molecule has 1 amide bonds. The summed E-state index contributed by atoms with van der Waals surface area (Å²) in [6.07, 6.45) is 3.38. The Labute approximate surface area is 170 Å². The fourth-order valence-electron chi connectivity index (χ4n) is 3.35. The van der Waals surface area contributed by atoms with Crippen LogP contribution in [0.4, 0.5) is 0 Å². The average Bonchev–Trinajstić information content (AvgIpc) is 3.22. The number of rotatable bonds is 4. The number of nitrogens with one attached hydrogen (secondary N) is 2. The molecular weight excluding hydrogens is 380 g/mol. The largest absolute Gasteiger partial charge is 0.348 e. The van der Waals surface area contributed by atoms with Crippen LogP contribution in [0.25, 0.3) is 27.8 Å². The van der Waals surface area contributed by atoms with Crippen molar-refractivity contribution in [3.05, 3.63) is 94.5 Å². The van der Waals surface area contributed by atoms with Gasteiger partial charge in [-0.25, -0.2) is 9.73 Å². The molecule has 0 aliphatic rings. The second-order valence-corrected chi connectivity index (χ2v) is 6.78. The van der Waals surface area contributed by atoms with Crippen molar-refractivity contribution in [1.82, 2.24) is 30.1 Å². The molecule has 0 atom stereocenters. The van der Waals surface area contributed by atoms with E-state index in [0.29, 0.717) is 34.4 Å². The molecule has 0 fully saturated rings. The van der Waals surface area contributed by atoms with Crippen LogP contribution >= 0.6 is 0 Å². The summed E-state index contributed by atoms with van der Waals surface area (Å²) in [6, 6.07) is 18.1. The van der Waals surface area contributed by atoms with E-state index in [0.717, 1.165) is 11.1 Å². The number of carbonyl (C=O) groups excluding carboxylic acids is 1. The molecule has 8 nitrogen and oxygen atoms in total. The number of aromatic amines is 1. The number of carbonyl (C=O) groups is 1. The summed E-state index contributed by atoms with van der Waals surface area (Å²) in [7, 11) is 0. The monoisotopic (exact) mass is 396 g/mol. The van der Waals surface area contributed by atoms with E-state index >= 15 is 0 Å². The molecule has 2 N–H and O–H groups in total. The Hall–Kier alpha value is -4.33. The van der Waals surface area contributed by atoms with Crippen molar-refractivity contribution in [3.8, 4) is 11.3 Å². The van der Waals surface area contributed by atoms with Gasteiger partial charge >= 0.3 is 0 Å². The number of nitrogens with zero attached hydrogens (tertiary/aromatic N) is 4. The second-order valence-electron chi connectivity index (χ2n) is 6.78. The van der Waals surface area contributed by atoms with Crippen molar-refractivity contribution in [2.24, 2.45) is 0 Å². The van der Waals surface area contributed by atoms with E-state index in [1.54, 1.807) is 35.1 Å². The van der Waals surface area contributed by atoms with Crippen LogP contribution in [-0.2, 0) is 6.54 Å². The maximum absolute atomic E-state index is 12.6. The highest BCUT2D eigenvalue weighted by Crippen LogP contribution is 2.22. The third-order valence-corrected chi connectivity index (χ3v) is 4.85. The lowest BCUT2D eigenvalue weighted by atomic mass is 10.1. The summed E-state index contributed by atoms with van der Waals surface area (Å²) in [5.41, 5.74) is 3.32. The third-order valence-electron chi connectivity index (χ3n) is 4.85. The Morgan fingerprint density at radius 2 is 1.93 bits per heavy atom. The van der Waals surface area contributed by atoms with E-state index in [-0.39, 0.29) is 11.5 Å². The molecule has 30 heavy (non-hydrogen) atoms. The van der Waals surface area contributed by atoms with Crippen molar-refractivity contribution in [2.45, 2.75) is 6.54 Å². The first kappa shape index (κ1) is 17.7. The van der Waals surface area contributed by atoms with Crippen LogP contribution in [0.5, 0.6) is 0 Å². The van der Waals surface area contributed by atoms with E-state index in [4.69, 9.17) is 0 Å². The van der Waals surface area contributed by atoms with Gasteiger partial charge in [0.2, 0.25) is 0 Å². The van der Waals surface area contributed by atoms with Crippen molar-refractivity contribution in [3.63, 3.8) is 0 Å². The van der Waals surface area contributed by atoms with Gasteiger partial charge in [0, 0.05) is 30.1 Å². The van der Waals surface area contributed by atoms with Crippen molar-refractivity contribution in [2.75, 3.05) is 0 Å². The minimum absolute atomic E-state index is 0.249. The number of hydrogen-bond donors (Lipinski definition) is 2. The van der Waals surface area contributed by atoms with Crippen LogP contribution in [0.3, 0.4) is 0 Å². The first-order chi connectivity index (χ1) is 14.7. The minimum Gasteiger partial charge on any atom is -0.348 e. The molecule has 2 aromatic carbocycles. The quantitative estimate of drug-likeness (QED) is 0.486. The van der Waals surface area contributed by atoms with Crippen LogP contribution in [0, 0.1) is 0 Å². The van der Waals surface area contributed by atoms with Gasteiger partial charge in [-0.2, -0.15) is 10.1 Å². The molecule has 0 saturated carbocycles. The number of pyridine rings is 1. The molecule has 0 radical (unpaired) electrons. The highest BCUT2D eigenvalue weighted by Gasteiger charge is 2.15. The Morgan fingerprint density at radius 3 is 2.73 bits per heavy atom. The van der Waals surface area contributed by atoms with Crippen LogP contribution in [-0.4, -0.2) is 30.7 Å². The van der Waals surface area contributed by atoms with Crippen LogP contribution in [0.2, 0.25) is 0 Å². The summed E-state index contributed by atoms with van der Waals surface area (Å²) < 4.78 is 1.62. The van der Waals surface area contributed by atoms with E-state index < -0.39 is 0 Å². The number of hydrogen-bond acceptors (Lipinski definition) is 5. The summed E-state index contributed by atoms with van der Waals surface area (Å²) >= 11 is 0. The Kier molecular flexibility index (Phi) is 4.29. The predicted molar refractivity (Wildman–Crippen MR) is 112 cm³/mol. The van der Waals surface area contributed by atoms with E-state index in [9.17, 15) is 9.59 Å². The lowest BCUT2D eigenvalue weighted by Gasteiger charge is -2.07. The molecule has 146 valence electrons. The molecular formula is C22H16N6O2. The van der Waals surface area contributed by atoms with Gasteiger partial charge in [0.1, 0.15) is 5.69 Å². The van der Waals surface area contributed by atoms with E-state index in [1.807, 2.05) is 42.5 Å². The lowest BCUT2D eigenvalue weighted by molar-refractivity contribution is 0.0951.